The molecule has 0 N–H and O–H groups in total. The molecule has 2 heteroatoms. The Hall–Kier alpha value is -0.760. The van der Waals surface area contributed by atoms with Gasteiger partial charge in [0.2, 0.25) is 0 Å². The van der Waals surface area contributed by atoms with Gasteiger partial charge in [-0.1, -0.05) is 61.3 Å². The molecule has 3 rings (SSSR count). The van der Waals surface area contributed by atoms with E-state index in [1.54, 1.807) is 0 Å². The van der Waals surface area contributed by atoms with Crippen molar-refractivity contribution in [2.45, 2.75) is 50.3 Å². The van der Waals surface area contributed by atoms with Crippen LogP contribution in [0.1, 0.15) is 45.8 Å². The summed E-state index contributed by atoms with van der Waals surface area (Å²) in [5.41, 5.74) is 1.08. The summed E-state index contributed by atoms with van der Waals surface area (Å²) in [4.78, 5) is 0.592. The van der Waals surface area contributed by atoms with E-state index in [0.29, 0.717) is 10.7 Å². The Morgan fingerprint density at radius 3 is 2.65 bits per heavy atom. The molecule has 1 aliphatic rings. The second-order valence-corrected chi connectivity index (χ2v) is 8.09. The molecule has 2 aromatic rings. The van der Waals surface area contributed by atoms with Crippen LogP contribution in [-0.4, -0.2) is 4.83 Å². The van der Waals surface area contributed by atoms with Crippen molar-refractivity contribution in [1.29, 1.82) is 0 Å². The zero-order chi connectivity index (χ0) is 14.3. The highest BCUT2D eigenvalue weighted by Crippen LogP contribution is 2.46. The number of alkyl halides is 1. The van der Waals surface area contributed by atoms with Gasteiger partial charge in [0.1, 0.15) is 11.3 Å². The van der Waals surface area contributed by atoms with Gasteiger partial charge in [-0.15, -0.1) is 0 Å². The molecule has 3 unspecified atom stereocenters. The van der Waals surface area contributed by atoms with Crippen LogP contribution < -0.4 is 0 Å². The highest BCUT2D eigenvalue weighted by molar-refractivity contribution is 9.09. The fraction of sp³-hybridized carbons (Fsp3) is 0.556. The lowest BCUT2D eigenvalue weighted by molar-refractivity contribution is 0.192. The van der Waals surface area contributed by atoms with Crippen molar-refractivity contribution in [1.82, 2.24) is 0 Å². The summed E-state index contributed by atoms with van der Waals surface area (Å²) in [6.07, 6.45) is 3.88. The largest absolute Gasteiger partial charge is 0.460 e. The molecule has 0 amide bonds. The number of para-hydroxylation sites is 1. The van der Waals surface area contributed by atoms with E-state index in [2.05, 4.69) is 61.0 Å². The van der Waals surface area contributed by atoms with Crippen molar-refractivity contribution in [3.8, 4) is 0 Å². The van der Waals surface area contributed by atoms with E-state index in [1.165, 1.54) is 24.6 Å². The zero-order valence-electron chi connectivity index (χ0n) is 12.5. The Morgan fingerprint density at radius 2 is 1.95 bits per heavy atom. The second kappa shape index (κ2) is 5.22. The molecule has 108 valence electrons. The minimum absolute atomic E-state index is 0.0767. The van der Waals surface area contributed by atoms with Gasteiger partial charge in [0, 0.05) is 15.6 Å². The number of hydrogen-bond donors (Lipinski definition) is 0. The van der Waals surface area contributed by atoms with Gasteiger partial charge in [-0.2, -0.15) is 0 Å². The number of rotatable bonds is 2. The Kier molecular flexibility index (Phi) is 3.70. The van der Waals surface area contributed by atoms with E-state index >= 15 is 0 Å². The number of benzene rings is 1. The molecule has 1 nitrogen and oxygen atoms in total. The standard InChI is InChI=1S/C18H23BrO/c1-12-8-9-14(15(19)10-12)18(2,3)17-11-13-6-4-5-7-16(13)20-17/h4-7,11-12,14-15H,8-10H2,1-3H3. The first-order valence-corrected chi connectivity index (χ1v) is 8.53. The predicted octanol–water partition coefficient (Wildman–Crippen LogP) is 5.91. The monoisotopic (exact) mass is 334 g/mol. The lowest BCUT2D eigenvalue weighted by Crippen LogP contribution is -2.38. The van der Waals surface area contributed by atoms with Crippen LogP contribution in [0, 0.1) is 11.8 Å². The molecule has 20 heavy (non-hydrogen) atoms. The normalized spacial score (nSPS) is 27.9. The van der Waals surface area contributed by atoms with Crippen molar-refractivity contribution in [2.75, 3.05) is 0 Å². The SMILES string of the molecule is CC1CCC(C(C)(C)c2cc3ccccc3o2)C(Br)C1. The molecule has 0 aliphatic heterocycles. The number of fused-ring (bicyclic) bond motifs is 1. The molecule has 1 saturated carbocycles. The van der Waals surface area contributed by atoms with Crippen molar-refractivity contribution in [3.63, 3.8) is 0 Å². The smallest absolute Gasteiger partial charge is 0.134 e. The third-order valence-corrected chi connectivity index (χ3v) is 6.03. The Bertz CT molecular complexity index is 565. The third kappa shape index (κ3) is 2.43. The van der Waals surface area contributed by atoms with Crippen molar-refractivity contribution < 1.29 is 4.42 Å². The summed E-state index contributed by atoms with van der Waals surface area (Å²) in [6, 6.07) is 10.5. The molecule has 0 bridgehead atoms. The van der Waals surface area contributed by atoms with E-state index in [4.69, 9.17) is 4.42 Å². The third-order valence-electron chi connectivity index (χ3n) is 5.02. The molecule has 1 fully saturated rings. The van der Waals surface area contributed by atoms with Crippen molar-refractivity contribution in [3.05, 3.63) is 36.1 Å². The van der Waals surface area contributed by atoms with Gasteiger partial charge < -0.3 is 4.42 Å². The average molecular weight is 335 g/mol. The summed E-state index contributed by atoms with van der Waals surface area (Å²) in [5.74, 6) is 2.60. The summed E-state index contributed by atoms with van der Waals surface area (Å²) < 4.78 is 6.14. The van der Waals surface area contributed by atoms with Gasteiger partial charge in [0.25, 0.3) is 0 Å². The molecule has 1 aliphatic carbocycles. The van der Waals surface area contributed by atoms with Gasteiger partial charge in [-0.25, -0.2) is 0 Å². The van der Waals surface area contributed by atoms with Gasteiger partial charge in [0.05, 0.1) is 0 Å². The topological polar surface area (TPSA) is 13.1 Å². The molecule has 0 spiro atoms. The van der Waals surface area contributed by atoms with Crippen LogP contribution in [-0.2, 0) is 5.41 Å². The van der Waals surface area contributed by atoms with Crippen molar-refractivity contribution >= 4 is 26.9 Å². The predicted molar refractivity (Wildman–Crippen MR) is 88.5 cm³/mol. The van der Waals surface area contributed by atoms with Crippen LogP contribution in [0.3, 0.4) is 0 Å². The lowest BCUT2D eigenvalue weighted by atomic mass is 9.68. The molecule has 0 saturated heterocycles. The highest BCUT2D eigenvalue weighted by Gasteiger charge is 2.40. The number of hydrogen-bond acceptors (Lipinski definition) is 1. The van der Waals surface area contributed by atoms with E-state index < -0.39 is 0 Å². The molecule has 1 aromatic heterocycles. The first kappa shape index (κ1) is 14.2. The Labute approximate surface area is 129 Å². The summed E-state index contributed by atoms with van der Waals surface area (Å²) >= 11 is 3.93. The van der Waals surface area contributed by atoms with Crippen LogP contribution in [0.4, 0.5) is 0 Å². The second-order valence-electron chi connectivity index (χ2n) is 6.91. The first-order valence-electron chi connectivity index (χ1n) is 7.61. The highest BCUT2D eigenvalue weighted by atomic mass is 79.9. The molecule has 3 atom stereocenters. The molecular formula is C18H23BrO. The van der Waals surface area contributed by atoms with E-state index in [-0.39, 0.29) is 5.41 Å². The maximum atomic E-state index is 6.14. The van der Waals surface area contributed by atoms with Crippen LogP contribution in [0.2, 0.25) is 0 Å². The van der Waals surface area contributed by atoms with Gasteiger partial charge in [-0.05, 0) is 36.8 Å². The molecule has 0 radical (unpaired) electrons. The van der Waals surface area contributed by atoms with E-state index in [1.807, 2.05) is 6.07 Å². The van der Waals surface area contributed by atoms with Crippen LogP contribution in [0.15, 0.2) is 34.7 Å². The molecular weight excluding hydrogens is 312 g/mol. The van der Waals surface area contributed by atoms with Crippen molar-refractivity contribution in [2.24, 2.45) is 11.8 Å². The minimum Gasteiger partial charge on any atom is -0.460 e. The summed E-state index contributed by atoms with van der Waals surface area (Å²) in [5, 5.41) is 1.21. The fourth-order valence-corrected chi connectivity index (χ4v) is 5.17. The maximum absolute atomic E-state index is 6.14. The first-order chi connectivity index (χ1) is 9.48. The Morgan fingerprint density at radius 1 is 1.20 bits per heavy atom. The average Bonchev–Trinajstić information content (AvgIpc) is 2.82. The van der Waals surface area contributed by atoms with Crippen LogP contribution >= 0.6 is 15.9 Å². The van der Waals surface area contributed by atoms with E-state index in [0.717, 1.165) is 17.3 Å². The van der Waals surface area contributed by atoms with Gasteiger partial charge in [0.15, 0.2) is 0 Å². The number of halogens is 1. The summed E-state index contributed by atoms with van der Waals surface area (Å²) in [7, 11) is 0. The van der Waals surface area contributed by atoms with Crippen LogP contribution in [0.5, 0.6) is 0 Å². The van der Waals surface area contributed by atoms with Crippen LogP contribution in [0.25, 0.3) is 11.0 Å². The zero-order valence-corrected chi connectivity index (χ0v) is 14.1. The number of furan rings is 1. The molecule has 1 heterocycles. The summed E-state index contributed by atoms with van der Waals surface area (Å²) in [6.45, 7) is 7.03. The minimum atomic E-state index is 0.0767. The molecule has 1 aromatic carbocycles. The van der Waals surface area contributed by atoms with Gasteiger partial charge in [-0.3, -0.25) is 0 Å². The van der Waals surface area contributed by atoms with Gasteiger partial charge >= 0.3 is 0 Å². The maximum Gasteiger partial charge on any atom is 0.134 e. The Balaban J connectivity index is 1.94. The van der Waals surface area contributed by atoms with E-state index in [9.17, 15) is 0 Å². The fourth-order valence-electron chi connectivity index (χ4n) is 3.61. The quantitative estimate of drug-likeness (QED) is 0.622. The lowest BCUT2D eigenvalue weighted by Gasteiger charge is -2.40.